The van der Waals surface area contributed by atoms with Gasteiger partial charge >= 0.3 is 6.03 Å². The minimum Gasteiger partial charge on any atom is -0.369 e. The molecule has 0 aliphatic carbocycles. The van der Waals surface area contributed by atoms with Crippen molar-refractivity contribution in [3.63, 3.8) is 0 Å². The van der Waals surface area contributed by atoms with Crippen LogP contribution in [0.5, 0.6) is 0 Å². The summed E-state index contributed by atoms with van der Waals surface area (Å²) >= 11 is 5.67. The van der Waals surface area contributed by atoms with Crippen molar-refractivity contribution in [3.8, 4) is 0 Å². The number of hydrogen-bond acceptors (Lipinski definition) is 2. The van der Waals surface area contributed by atoms with E-state index >= 15 is 0 Å². The van der Waals surface area contributed by atoms with Gasteiger partial charge in [0.05, 0.1) is 10.7 Å². The molecule has 2 aromatic rings. The van der Waals surface area contributed by atoms with Gasteiger partial charge in [-0.1, -0.05) is 11.6 Å². The lowest BCUT2D eigenvalue weighted by atomic mass is 10.1. The molecular formula is C18H18ClF2N3O. The van der Waals surface area contributed by atoms with Crippen molar-refractivity contribution in [3.05, 3.63) is 53.1 Å². The first-order valence-corrected chi connectivity index (χ1v) is 8.48. The van der Waals surface area contributed by atoms with E-state index in [-0.39, 0.29) is 10.8 Å². The molecule has 2 aromatic carbocycles. The fourth-order valence-corrected chi connectivity index (χ4v) is 3.02. The smallest absolute Gasteiger partial charge is 0.323 e. The molecule has 1 saturated heterocycles. The number of urea groups is 1. The fourth-order valence-electron chi connectivity index (χ4n) is 2.84. The predicted octanol–water partition coefficient (Wildman–Crippen LogP) is 5.25. The Labute approximate surface area is 149 Å². The SMILES string of the molecule is O=C(Nc1ccc(N2CCCCC2)c(F)c1)Nc1ccc(F)c(Cl)c1. The van der Waals surface area contributed by atoms with Gasteiger partial charge in [-0.25, -0.2) is 13.6 Å². The molecule has 25 heavy (non-hydrogen) atoms. The first kappa shape index (κ1) is 17.5. The lowest BCUT2D eigenvalue weighted by Crippen LogP contribution is -2.30. The normalized spacial score (nSPS) is 14.3. The lowest BCUT2D eigenvalue weighted by Gasteiger charge is -2.29. The zero-order chi connectivity index (χ0) is 17.8. The maximum absolute atomic E-state index is 14.3. The molecule has 132 valence electrons. The van der Waals surface area contributed by atoms with Gasteiger partial charge in [-0.3, -0.25) is 0 Å². The number of carbonyl (C=O) groups excluding carboxylic acids is 1. The number of benzene rings is 2. The average molecular weight is 366 g/mol. The van der Waals surface area contributed by atoms with Crippen molar-refractivity contribution < 1.29 is 13.6 Å². The average Bonchev–Trinajstić information content (AvgIpc) is 2.59. The molecule has 1 heterocycles. The summed E-state index contributed by atoms with van der Waals surface area (Å²) < 4.78 is 27.4. The molecule has 0 unspecified atom stereocenters. The van der Waals surface area contributed by atoms with E-state index < -0.39 is 11.8 Å². The van der Waals surface area contributed by atoms with Crippen LogP contribution in [0.3, 0.4) is 0 Å². The number of rotatable bonds is 3. The Bertz CT molecular complexity index is 779. The molecule has 0 spiro atoms. The Morgan fingerprint density at radius 3 is 2.20 bits per heavy atom. The first-order chi connectivity index (χ1) is 12.0. The van der Waals surface area contributed by atoms with E-state index in [1.54, 1.807) is 12.1 Å². The number of amides is 2. The van der Waals surface area contributed by atoms with Crippen molar-refractivity contribution in [1.82, 2.24) is 0 Å². The summed E-state index contributed by atoms with van der Waals surface area (Å²) in [6, 6.07) is 7.91. The Morgan fingerprint density at radius 1 is 0.920 bits per heavy atom. The summed E-state index contributed by atoms with van der Waals surface area (Å²) in [5, 5.41) is 4.98. The molecule has 0 aromatic heterocycles. The van der Waals surface area contributed by atoms with E-state index in [0.717, 1.165) is 32.0 Å². The zero-order valence-corrected chi connectivity index (χ0v) is 14.2. The van der Waals surface area contributed by atoms with Gasteiger partial charge in [0.2, 0.25) is 0 Å². The van der Waals surface area contributed by atoms with Gasteiger partial charge < -0.3 is 15.5 Å². The Balaban J connectivity index is 1.64. The van der Waals surface area contributed by atoms with Crippen molar-refractivity contribution in [2.45, 2.75) is 19.3 Å². The fraction of sp³-hybridized carbons (Fsp3) is 0.278. The van der Waals surface area contributed by atoms with Crippen LogP contribution in [0.25, 0.3) is 0 Å². The molecule has 0 saturated carbocycles. The van der Waals surface area contributed by atoms with Crippen molar-refractivity contribution >= 4 is 34.7 Å². The maximum atomic E-state index is 14.3. The van der Waals surface area contributed by atoms with Crippen LogP contribution in [-0.2, 0) is 0 Å². The number of piperidine rings is 1. The van der Waals surface area contributed by atoms with Crippen LogP contribution in [0.4, 0.5) is 30.6 Å². The molecule has 4 nitrogen and oxygen atoms in total. The van der Waals surface area contributed by atoms with Crippen molar-refractivity contribution in [2.24, 2.45) is 0 Å². The minimum atomic E-state index is -0.567. The number of halogens is 3. The van der Waals surface area contributed by atoms with Crippen LogP contribution in [-0.4, -0.2) is 19.1 Å². The molecule has 3 rings (SSSR count). The number of nitrogens with zero attached hydrogens (tertiary/aromatic N) is 1. The van der Waals surface area contributed by atoms with Crippen molar-refractivity contribution in [2.75, 3.05) is 28.6 Å². The van der Waals surface area contributed by atoms with Crippen LogP contribution in [0.15, 0.2) is 36.4 Å². The highest BCUT2D eigenvalue weighted by Gasteiger charge is 2.15. The van der Waals surface area contributed by atoms with Crippen molar-refractivity contribution in [1.29, 1.82) is 0 Å². The second kappa shape index (κ2) is 7.70. The molecule has 7 heteroatoms. The van der Waals surface area contributed by atoms with Gasteiger partial charge in [-0.15, -0.1) is 0 Å². The van der Waals surface area contributed by atoms with E-state index in [0.29, 0.717) is 17.1 Å². The zero-order valence-electron chi connectivity index (χ0n) is 13.5. The molecule has 0 atom stereocenters. The second-order valence-corrected chi connectivity index (χ2v) is 6.33. The third kappa shape index (κ3) is 4.39. The van der Waals surface area contributed by atoms with Crippen LogP contribution in [0.1, 0.15) is 19.3 Å². The number of carbonyl (C=O) groups is 1. The summed E-state index contributed by atoms with van der Waals surface area (Å²) in [4.78, 5) is 14.0. The van der Waals surface area contributed by atoms with Crippen LogP contribution in [0, 0.1) is 11.6 Å². The summed E-state index contributed by atoms with van der Waals surface area (Å²) in [7, 11) is 0. The van der Waals surface area contributed by atoms with E-state index in [1.807, 2.05) is 4.90 Å². The maximum Gasteiger partial charge on any atom is 0.323 e. The van der Waals surface area contributed by atoms with E-state index in [1.165, 1.54) is 24.6 Å². The quantitative estimate of drug-likeness (QED) is 0.780. The highest BCUT2D eigenvalue weighted by Crippen LogP contribution is 2.26. The first-order valence-electron chi connectivity index (χ1n) is 8.10. The van der Waals surface area contributed by atoms with Crippen LogP contribution >= 0.6 is 11.6 Å². The highest BCUT2D eigenvalue weighted by molar-refractivity contribution is 6.31. The topological polar surface area (TPSA) is 44.4 Å². The number of anilines is 3. The second-order valence-electron chi connectivity index (χ2n) is 5.92. The minimum absolute atomic E-state index is 0.0882. The number of hydrogen-bond donors (Lipinski definition) is 2. The Kier molecular flexibility index (Phi) is 5.38. The molecule has 2 amide bonds. The summed E-state index contributed by atoms with van der Waals surface area (Å²) in [6.45, 7) is 1.69. The summed E-state index contributed by atoms with van der Waals surface area (Å²) in [5.41, 5.74) is 1.23. The Hall–Kier alpha value is -2.34. The molecule has 1 aliphatic heterocycles. The van der Waals surface area contributed by atoms with Crippen LogP contribution < -0.4 is 15.5 Å². The van der Waals surface area contributed by atoms with E-state index in [9.17, 15) is 13.6 Å². The van der Waals surface area contributed by atoms with Gasteiger partial charge in [0, 0.05) is 24.5 Å². The van der Waals surface area contributed by atoms with Gasteiger partial charge in [-0.05, 0) is 55.7 Å². The molecule has 0 radical (unpaired) electrons. The van der Waals surface area contributed by atoms with Gasteiger partial charge in [0.1, 0.15) is 11.6 Å². The third-order valence-corrected chi connectivity index (χ3v) is 4.37. The number of nitrogens with one attached hydrogen (secondary N) is 2. The molecule has 1 aliphatic rings. The largest absolute Gasteiger partial charge is 0.369 e. The lowest BCUT2D eigenvalue weighted by molar-refractivity contribution is 0.262. The molecular weight excluding hydrogens is 348 g/mol. The van der Waals surface area contributed by atoms with Gasteiger partial charge in [-0.2, -0.15) is 0 Å². The predicted molar refractivity (Wildman–Crippen MR) is 96.5 cm³/mol. The van der Waals surface area contributed by atoms with Gasteiger partial charge in [0.15, 0.2) is 0 Å². The molecule has 1 fully saturated rings. The monoisotopic (exact) mass is 365 g/mol. The van der Waals surface area contributed by atoms with Crippen LogP contribution in [0.2, 0.25) is 5.02 Å². The molecule has 2 N–H and O–H groups in total. The Morgan fingerprint density at radius 2 is 1.56 bits per heavy atom. The summed E-state index contributed by atoms with van der Waals surface area (Å²) in [6.07, 6.45) is 3.29. The highest BCUT2D eigenvalue weighted by atomic mass is 35.5. The van der Waals surface area contributed by atoms with Gasteiger partial charge in [0.25, 0.3) is 0 Å². The summed E-state index contributed by atoms with van der Waals surface area (Å²) in [5.74, 6) is -0.937. The van der Waals surface area contributed by atoms with E-state index in [2.05, 4.69) is 10.6 Å². The standard InChI is InChI=1S/C18H18ClF2N3O/c19-14-10-12(4-6-15(14)20)22-18(25)23-13-5-7-17(16(21)11-13)24-8-2-1-3-9-24/h4-7,10-11H,1-3,8-9H2,(H2,22,23,25). The van der Waals surface area contributed by atoms with E-state index in [4.69, 9.17) is 11.6 Å². The molecule has 0 bridgehead atoms. The third-order valence-electron chi connectivity index (χ3n) is 4.08.